The zero-order chi connectivity index (χ0) is 21.3. The van der Waals surface area contributed by atoms with Gasteiger partial charge in [0.05, 0.1) is 23.0 Å². The van der Waals surface area contributed by atoms with E-state index in [-0.39, 0.29) is 22.1 Å². The van der Waals surface area contributed by atoms with Crippen LogP contribution in [0.4, 0.5) is 16.0 Å². The minimum Gasteiger partial charge on any atom is -0.384 e. The van der Waals surface area contributed by atoms with Crippen LogP contribution in [-0.2, 0) is 9.84 Å². The normalized spacial score (nSPS) is 11.4. The Hall–Kier alpha value is -3.92. The lowest BCUT2D eigenvalue weighted by Crippen LogP contribution is -2.09. The molecule has 2 aromatic heterocycles. The fourth-order valence-corrected chi connectivity index (χ4v) is 4.24. The molecule has 0 amide bonds. The summed E-state index contributed by atoms with van der Waals surface area (Å²) in [6.07, 6.45) is 3.96. The first-order valence-electron chi connectivity index (χ1n) is 8.67. The number of anilines is 2. The molecule has 0 bridgehead atoms. The lowest BCUT2D eigenvalue weighted by molar-refractivity contribution is 0.587. The van der Waals surface area contributed by atoms with Crippen LogP contribution in [0.15, 0.2) is 77.2 Å². The Labute approximate surface area is 171 Å². The van der Waals surface area contributed by atoms with Crippen LogP contribution in [0, 0.1) is 5.82 Å². The summed E-state index contributed by atoms with van der Waals surface area (Å²) in [5.74, 6) is -0.335. The van der Waals surface area contributed by atoms with E-state index < -0.39 is 20.8 Å². The van der Waals surface area contributed by atoms with Crippen molar-refractivity contribution < 1.29 is 12.8 Å². The van der Waals surface area contributed by atoms with Crippen LogP contribution in [0.3, 0.4) is 0 Å². The SMILES string of the molecule is Nc1cnc(-c2ccc(-c3ccccc3S(=O)(=O)c3nccc(N)n3)cc2F)cn1. The molecular formula is C20H15FN6O2S. The smallest absolute Gasteiger partial charge is 0.253 e. The molecule has 4 aromatic rings. The van der Waals surface area contributed by atoms with Crippen LogP contribution in [0.5, 0.6) is 0 Å². The lowest BCUT2D eigenvalue weighted by atomic mass is 10.0. The Kier molecular flexibility index (Phi) is 4.84. The number of nitrogen functional groups attached to an aromatic ring is 2. The average molecular weight is 422 g/mol. The molecule has 10 heteroatoms. The molecule has 0 aliphatic heterocycles. The first-order chi connectivity index (χ1) is 14.4. The summed E-state index contributed by atoms with van der Waals surface area (Å²) >= 11 is 0. The zero-order valence-electron chi connectivity index (χ0n) is 15.4. The Bertz CT molecular complexity index is 1340. The molecule has 0 aliphatic carbocycles. The maximum Gasteiger partial charge on any atom is 0.253 e. The van der Waals surface area contributed by atoms with E-state index in [0.717, 1.165) is 0 Å². The standard InChI is InChI=1S/C20H15FN6O2S/c21-15-9-12(5-6-14(15)16-10-26-19(23)11-25-16)13-3-1-2-4-17(13)30(28,29)20-24-8-7-18(22)27-20/h1-11H,(H2,23,26)(H2,22,24,27). The summed E-state index contributed by atoms with van der Waals surface area (Å²) in [5.41, 5.74) is 12.3. The van der Waals surface area contributed by atoms with Crippen molar-refractivity contribution in [2.24, 2.45) is 0 Å². The van der Waals surface area contributed by atoms with Gasteiger partial charge in [-0.2, -0.15) is 0 Å². The molecule has 0 saturated heterocycles. The Morgan fingerprint density at radius 3 is 2.33 bits per heavy atom. The molecule has 2 aromatic carbocycles. The molecule has 0 radical (unpaired) electrons. The first kappa shape index (κ1) is 19.4. The minimum atomic E-state index is -4.08. The first-order valence-corrected chi connectivity index (χ1v) is 10.1. The minimum absolute atomic E-state index is 0.0288. The summed E-state index contributed by atoms with van der Waals surface area (Å²) in [4.78, 5) is 15.5. The summed E-state index contributed by atoms with van der Waals surface area (Å²) in [5, 5.41) is -0.427. The van der Waals surface area contributed by atoms with E-state index in [1.54, 1.807) is 24.3 Å². The molecule has 0 saturated carbocycles. The number of nitrogens with zero attached hydrogens (tertiary/aromatic N) is 4. The van der Waals surface area contributed by atoms with Crippen LogP contribution < -0.4 is 11.5 Å². The Balaban J connectivity index is 1.81. The monoisotopic (exact) mass is 422 g/mol. The van der Waals surface area contributed by atoms with Gasteiger partial charge >= 0.3 is 0 Å². The summed E-state index contributed by atoms with van der Waals surface area (Å²) in [6, 6.07) is 12.0. The van der Waals surface area contributed by atoms with Gasteiger partial charge in [0.15, 0.2) is 0 Å². The topological polar surface area (TPSA) is 138 Å². The fraction of sp³-hybridized carbons (Fsp3) is 0. The number of nitrogens with two attached hydrogens (primary N) is 2. The van der Waals surface area contributed by atoms with E-state index in [9.17, 15) is 12.8 Å². The third-order valence-electron chi connectivity index (χ3n) is 4.30. The number of hydrogen-bond donors (Lipinski definition) is 2. The fourth-order valence-electron chi connectivity index (χ4n) is 2.89. The number of hydrogen-bond acceptors (Lipinski definition) is 8. The van der Waals surface area contributed by atoms with Crippen molar-refractivity contribution >= 4 is 21.5 Å². The number of halogens is 1. The van der Waals surface area contributed by atoms with Crippen molar-refractivity contribution in [3.05, 3.63) is 72.9 Å². The maximum absolute atomic E-state index is 14.8. The molecule has 0 unspecified atom stereocenters. The van der Waals surface area contributed by atoms with Crippen molar-refractivity contribution in [3.63, 3.8) is 0 Å². The van der Waals surface area contributed by atoms with E-state index in [0.29, 0.717) is 16.8 Å². The molecule has 0 atom stereocenters. The maximum atomic E-state index is 14.8. The molecule has 2 heterocycles. The van der Waals surface area contributed by atoms with Gasteiger partial charge in [-0.15, -0.1) is 0 Å². The van der Waals surface area contributed by atoms with Crippen molar-refractivity contribution in [2.75, 3.05) is 11.5 Å². The second-order valence-electron chi connectivity index (χ2n) is 6.28. The van der Waals surface area contributed by atoms with Gasteiger partial charge in [-0.05, 0) is 29.8 Å². The van der Waals surface area contributed by atoms with Crippen molar-refractivity contribution in [3.8, 4) is 22.4 Å². The molecule has 0 fully saturated rings. The lowest BCUT2D eigenvalue weighted by Gasteiger charge is -2.11. The molecule has 0 aliphatic rings. The molecular weight excluding hydrogens is 407 g/mol. The van der Waals surface area contributed by atoms with Crippen LogP contribution in [0.1, 0.15) is 0 Å². The summed E-state index contributed by atoms with van der Waals surface area (Å²) < 4.78 is 41.0. The van der Waals surface area contributed by atoms with Crippen molar-refractivity contribution in [2.45, 2.75) is 10.1 Å². The number of sulfone groups is 1. The number of benzene rings is 2. The van der Waals surface area contributed by atoms with Gasteiger partial charge in [-0.25, -0.2) is 27.8 Å². The van der Waals surface area contributed by atoms with E-state index in [1.165, 1.54) is 42.9 Å². The molecule has 30 heavy (non-hydrogen) atoms. The molecule has 4 rings (SSSR count). The largest absolute Gasteiger partial charge is 0.384 e. The number of aromatic nitrogens is 4. The predicted octanol–water partition coefficient (Wildman–Crippen LogP) is 2.74. The van der Waals surface area contributed by atoms with Gasteiger partial charge in [-0.1, -0.05) is 24.3 Å². The van der Waals surface area contributed by atoms with Crippen LogP contribution in [-0.4, -0.2) is 28.4 Å². The van der Waals surface area contributed by atoms with Gasteiger partial charge in [0.25, 0.3) is 5.16 Å². The molecule has 0 spiro atoms. The van der Waals surface area contributed by atoms with Gasteiger partial charge in [0.1, 0.15) is 17.5 Å². The highest BCUT2D eigenvalue weighted by molar-refractivity contribution is 7.91. The highest BCUT2D eigenvalue weighted by Crippen LogP contribution is 2.33. The van der Waals surface area contributed by atoms with Gasteiger partial charge in [0.2, 0.25) is 9.84 Å². The van der Waals surface area contributed by atoms with E-state index in [2.05, 4.69) is 19.9 Å². The highest BCUT2D eigenvalue weighted by atomic mass is 32.2. The number of rotatable bonds is 4. The van der Waals surface area contributed by atoms with Crippen molar-refractivity contribution in [1.29, 1.82) is 0 Å². The van der Waals surface area contributed by atoms with E-state index in [1.807, 2.05) is 0 Å². The molecule has 8 nitrogen and oxygen atoms in total. The summed E-state index contributed by atoms with van der Waals surface area (Å²) in [6.45, 7) is 0. The molecule has 150 valence electrons. The van der Waals surface area contributed by atoms with Gasteiger partial charge < -0.3 is 11.5 Å². The zero-order valence-corrected chi connectivity index (χ0v) is 16.2. The summed E-state index contributed by atoms with van der Waals surface area (Å²) in [7, 11) is -4.08. The van der Waals surface area contributed by atoms with E-state index in [4.69, 9.17) is 11.5 Å². The van der Waals surface area contributed by atoms with Crippen LogP contribution in [0.25, 0.3) is 22.4 Å². The van der Waals surface area contributed by atoms with Crippen molar-refractivity contribution in [1.82, 2.24) is 19.9 Å². The Morgan fingerprint density at radius 1 is 0.833 bits per heavy atom. The van der Waals surface area contributed by atoms with Crippen LogP contribution >= 0.6 is 0 Å². The van der Waals surface area contributed by atoms with E-state index >= 15 is 0 Å². The third-order valence-corrected chi connectivity index (χ3v) is 5.91. The second kappa shape index (κ2) is 7.48. The van der Waals surface area contributed by atoms with Gasteiger partial charge in [0, 0.05) is 17.3 Å². The van der Waals surface area contributed by atoms with Crippen LogP contribution in [0.2, 0.25) is 0 Å². The third kappa shape index (κ3) is 3.55. The molecule has 4 N–H and O–H groups in total. The highest BCUT2D eigenvalue weighted by Gasteiger charge is 2.25. The predicted molar refractivity (Wildman–Crippen MR) is 109 cm³/mol. The quantitative estimate of drug-likeness (QED) is 0.479. The average Bonchev–Trinajstić information content (AvgIpc) is 2.74. The van der Waals surface area contributed by atoms with Gasteiger partial charge in [-0.3, -0.25) is 4.98 Å². The second-order valence-corrected chi connectivity index (χ2v) is 8.10. The Morgan fingerprint density at radius 2 is 1.63 bits per heavy atom.